The first-order valence-electron chi connectivity index (χ1n) is 12.9. The summed E-state index contributed by atoms with van der Waals surface area (Å²) in [5.41, 5.74) is 7.95. The molecule has 0 saturated carbocycles. The highest BCUT2D eigenvalue weighted by Crippen LogP contribution is 2.42. The van der Waals surface area contributed by atoms with Crippen LogP contribution in [0.5, 0.6) is 0 Å². The molecule has 0 aromatic carbocycles. The summed E-state index contributed by atoms with van der Waals surface area (Å²) in [6, 6.07) is 0.174. The number of nitrogens with zero attached hydrogens (tertiary/aromatic N) is 7. The zero-order valence-corrected chi connectivity index (χ0v) is 22.6. The van der Waals surface area contributed by atoms with E-state index in [4.69, 9.17) is 20.4 Å². The van der Waals surface area contributed by atoms with Gasteiger partial charge in [0.2, 0.25) is 17.8 Å². The Morgan fingerprint density at radius 2 is 1.92 bits per heavy atom. The molecular formula is C25H36ClN9O2. The fourth-order valence-corrected chi connectivity index (χ4v) is 5.99. The van der Waals surface area contributed by atoms with Gasteiger partial charge >= 0.3 is 0 Å². The van der Waals surface area contributed by atoms with Crippen LogP contribution in [-0.2, 0) is 16.0 Å². The normalized spacial score (nSPS) is 29.1. The molecule has 6 rings (SSSR count). The van der Waals surface area contributed by atoms with Gasteiger partial charge in [0.1, 0.15) is 5.82 Å². The number of hydrogen-bond donors (Lipinski definition) is 2. The first-order valence-corrected chi connectivity index (χ1v) is 12.9. The van der Waals surface area contributed by atoms with Crippen molar-refractivity contribution >= 4 is 36.0 Å². The quantitative estimate of drug-likeness (QED) is 0.598. The van der Waals surface area contributed by atoms with E-state index in [1.165, 1.54) is 0 Å². The van der Waals surface area contributed by atoms with E-state index in [2.05, 4.69) is 38.9 Å². The highest BCUT2D eigenvalue weighted by Gasteiger charge is 2.49. The minimum atomic E-state index is -0.418. The van der Waals surface area contributed by atoms with Crippen molar-refractivity contribution in [2.75, 3.05) is 61.5 Å². The largest absolute Gasteiger partial charge is 0.377 e. The molecule has 2 aromatic heterocycles. The number of nitrogens with one attached hydrogen (secondary N) is 1. The van der Waals surface area contributed by atoms with E-state index < -0.39 is 5.54 Å². The first-order chi connectivity index (χ1) is 17.3. The van der Waals surface area contributed by atoms with Gasteiger partial charge < -0.3 is 30.5 Å². The van der Waals surface area contributed by atoms with Crippen molar-refractivity contribution in [1.29, 1.82) is 0 Å². The number of carbonyl (C=O) groups is 1. The highest BCUT2D eigenvalue weighted by atomic mass is 35.5. The molecule has 0 spiro atoms. The number of nitrogen functional groups attached to an aromatic ring is 1. The zero-order chi connectivity index (χ0) is 25.1. The molecule has 4 aliphatic rings. The number of nitrogens with two attached hydrogens (primary N) is 1. The third kappa shape index (κ3) is 4.36. The number of aromatic nitrogens is 4. The molecule has 4 aliphatic heterocycles. The van der Waals surface area contributed by atoms with Crippen molar-refractivity contribution < 1.29 is 9.53 Å². The summed E-state index contributed by atoms with van der Waals surface area (Å²) in [6.07, 6.45) is 6.11. The van der Waals surface area contributed by atoms with Crippen LogP contribution >= 0.6 is 12.4 Å². The molecule has 200 valence electrons. The Kier molecular flexibility index (Phi) is 6.66. The number of carbonyl (C=O) groups excluding carboxylic acids is 1. The third-order valence-electron chi connectivity index (χ3n) is 8.39. The lowest BCUT2D eigenvalue weighted by Crippen LogP contribution is -2.64. The second-order valence-electron chi connectivity index (χ2n) is 11.0. The average Bonchev–Trinajstić information content (AvgIpc) is 3.47. The molecule has 3 N–H and O–H groups in total. The van der Waals surface area contributed by atoms with Gasteiger partial charge in [-0.2, -0.15) is 4.98 Å². The molecule has 3 fully saturated rings. The Morgan fingerprint density at radius 3 is 2.59 bits per heavy atom. The standard InChI is InChI=1S/C25H35N9O2.ClH/c1-16-14-36-11-10-33(16)23-30-19(17-12-27-22(26)28-13-17)18-4-8-34(20(18)31-23)24(2)6-9-32(15-24)21(35)25(3)5-7-29-25;/h12-13,16,29H,4-11,14-15H2,1-3H3,(H2,26,27,28);1H/t16-,24-,25+;/m0./s1. The summed E-state index contributed by atoms with van der Waals surface area (Å²) in [6.45, 7) is 11.6. The van der Waals surface area contributed by atoms with Crippen molar-refractivity contribution in [3.05, 3.63) is 18.0 Å². The minimum absolute atomic E-state index is 0. The number of halogens is 1. The molecule has 6 heterocycles. The SMILES string of the molecule is C[C@H]1COCCN1c1nc(-c2cnc(N)nc2)c2c(n1)N([C@@]1(C)CCN(C(=O)[C@@]3(C)CCN3)C1)CC2.Cl. The van der Waals surface area contributed by atoms with Gasteiger partial charge in [0.25, 0.3) is 0 Å². The lowest BCUT2D eigenvalue weighted by molar-refractivity contribution is -0.139. The van der Waals surface area contributed by atoms with E-state index in [0.717, 1.165) is 68.1 Å². The van der Waals surface area contributed by atoms with Gasteiger partial charge in [-0.25, -0.2) is 15.0 Å². The van der Waals surface area contributed by atoms with Crippen molar-refractivity contribution in [2.24, 2.45) is 0 Å². The van der Waals surface area contributed by atoms with Crippen LogP contribution in [0.3, 0.4) is 0 Å². The Balaban J connectivity index is 0.00000280. The van der Waals surface area contributed by atoms with Crippen molar-refractivity contribution in [3.63, 3.8) is 0 Å². The summed E-state index contributed by atoms with van der Waals surface area (Å²) in [4.78, 5) is 38.5. The molecule has 0 unspecified atom stereocenters. The van der Waals surface area contributed by atoms with E-state index in [9.17, 15) is 4.79 Å². The van der Waals surface area contributed by atoms with E-state index >= 15 is 0 Å². The van der Waals surface area contributed by atoms with Crippen LogP contribution in [0.25, 0.3) is 11.3 Å². The molecule has 0 bridgehead atoms. The Morgan fingerprint density at radius 1 is 1.16 bits per heavy atom. The van der Waals surface area contributed by atoms with Gasteiger partial charge in [0.05, 0.1) is 36.0 Å². The molecule has 11 nitrogen and oxygen atoms in total. The summed E-state index contributed by atoms with van der Waals surface area (Å²) in [5, 5.41) is 3.33. The number of morpholine rings is 1. The highest BCUT2D eigenvalue weighted by molar-refractivity contribution is 5.87. The second-order valence-corrected chi connectivity index (χ2v) is 11.0. The summed E-state index contributed by atoms with van der Waals surface area (Å²) < 4.78 is 5.66. The fourth-order valence-electron chi connectivity index (χ4n) is 5.99. The van der Waals surface area contributed by atoms with E-state index in [-0.39, 0.29) is 35.8 Å². The average molecular weight is 530 g/mol. The van der Waals surface area contributed by atoms with E-state index in [1.807, 2.05) is 11.8 Å². The van der Waals surface area contributed by atoms with Gasteiger partial charge in [-0.15, -0.1) is 12.4 Å². The van der Waals surface area contributed by atoms with Crippen LogP contribution < -0.4 is 20.9 Å². The number of likely N-dealkylation sites (tertiary alicyclic amines) is 1. The Hall–Kier alpha value is -2.76. The molecular weight excluding hydrogens is 494 g/mol. The Labute approximate surface area is 223 Å². The van der Waals surface area contributed by atoms with Crippen molar-refractivity contribution in [3.8, 4) is 11.3 Å². The van der Waals surface area contributed by atoms with Gasteiger partial charge in [-0.3, -0.25) is 4.79 Å². The lowest BCUT2D eigenvalue weighted by atomic mass is 9.88. The maximum absolute atomic E-state index is 13.2. The van der Waals surface area contributed by atoms with Crippen LogP contribution in [0, 0.1) is 0 Å². The van der Waals surface area contributed by atoms with Gasteiger partial charge in [-0.1, -0.05) is 0 Å². The van der Waals surface area contributed by atoms with Crippen LogP contribution in [-0.4, -0.2) is 93.8 Å². The summed E-state index contributed by atoms with van der Waals surface area (Å²) >= 11 is 0. The van der Waals surface area contributed by atoms with Crippen LogP contribution in [0.4, 0.5) is 17.7 Å². The van der Waals surface area contributed by atoms with Crippen molar-refractivity contribution in [2.45, 2.75) is 57.2 Å². The molecule has 37 heavy (non-hydrogen) atoms. The Bertz CT molecular complexity index is 1180. The van der Waals surface area contributed by atoms with E-state index in [1.54, 1.807) is 12.4 Å². The molecule has 3 saturated heterocycles. The van der Waals surface area contributed by atoms with Crippen LogP contribution in [0.2, 0.25) is 0 Å². The zero-order valence-electron chi connectivity index (χ0n) is 21.7. The van der Waals surface area contributed by atoms with Crippen molar-refractivity contribution in [1.82, 2.24) is 30.2 Å². The molecule has 12 heteroatoms. The van der Waals surface area contributed by atoms with Gasteiger partial charge in [0, 0.05) is 49.7 Å². The number of rotatable bonds is 4. The molecule has 0 radical (unpaired) electrons. The predicted octanol–water partition coefficient (Wildman–Crippen LogP) is 1.27. The molecule has 0 aliphatic carbocycles. The topological polar surface area (TPSA) is 126 Å². The molecule has 3 atom stereocenters. The number of amides is 1. The van der Waals surface area contributed by atoms with Gasteiger partial charge in [0.15, 0.2) is 0 Å². The smallest absolute Gasteiger partial charge is 0.242 e. The number of anilines is 3. The van der Waals surface area contributed by atoms with Gasteiger partial charge in [-0.05, 0) is 46.6 Å². The number of fused-ring (bicyclic) bond motifs is 1. The second kappa shape index (κ2) is 9.52. The third-order valence-corrected chi connectivity index (χ3v) is 8.39. The fraction of sp³-hybridized carbons (Fsp3) is 0.640. The maximum Gasteiger partial charge on any atom is 0.242 e. The number of ether oxygens (including phenoxy) is 1. The monoisotopic (exact) mass is 529 g/mol. The van der Waals surface area contributed by atoms with E-state index in [0.29, 0.717) is 25.7 Å². The summed E-state index contributed by atoms with van der Waals surface area (Å²) in [7, 11) is 0. The van der Waals surface area contributed by atoms with Crippen LogP contribution in [0.1, 0.15) is 39.2 Å². The lowest BCUT2D eigenvalue weighted by Gasteiger charge is -2.42. The first kappa shape index (κ1) is 25.9. The van der Waals surface area contributed by atoms with Crippen LogP contribution in [0.15, 0.2) is 12.4 Å². The molecule has 2 aromatic rings. The summed E-state index contributed by atoms with van der Waals surface area (Å²) in [5.74, 6) is 2.10. The predicted molar refractivity (Wildman–Crippen MR) is 144 cm³/mol. The maximum atomic E-state index is 13.2. The molecule has 1 amide bonds. The minimum Gasteiger partial charge on any atom is -0.377 e. The number of hydrogen-bond acceptors (Lipinski definition) is 10.